The third-order valence-electron chi connectivity index (χ3n) is 1.10. The van der Waals surface area contributed by atoms with Crippen molar-refractivity contribution in [3.63, 3.8) is 0 Å². The van der Waals surface area contributed by atoms with E-state index in [2.05, 4.69) is 11.8 Å². The van der Waals surface area contributed by atoms with Gasteiger partial charge in [0.25, 0.3) is 0 Å². The summed E-state index contributed by atoms with van der Waals surface area (Å²) >= 11 is 0. The first-order valence-electron chi connectivity index (χ1n) is 3.86. The summed E-state index contributed by atoms with van der Waals surface area (Å²) in [5, 5.41) is 9.12. The molecule has 0 saturated heterocycles. The molecule has 1 nitrogen and oxygen atoms in total. The van der Waals surface area contributed by atoms with E-state index in [9.17, 15) is 0 Å². The molecule has 0 aliphatic heterocycles. The third kappa shape index (κ3) is 5.65. The van der Waals surface area contributed by atoms with E-state index in [0.717, 1.165) is 12.8 Å². The summed E-state index contributed by atoms with van der Waals surface area (Å²) in [6, 6.07) is 0. The molecule has 58 valence electrons. The minimum atomic E-state index is -0.410. The lowest BCUT2D eigenvalue weighted by atomic mass is 10.2. The second-order valence-electron chi connectivity index (χ2n) is 2.75. The zero-order chi connectivity index (χ0) is 7.98. The summed E-state index contributed by atoms with van der Waals surface area (Å²) < 4.78 is 0. The van der Waals surface area contributed by atoms with Crippen LogP contribution in [0.25, 0.3) is 0 Å². The number of rotatable bonds is 2. The van der Waals surface area contributed by atoms with Crippen molar-refractivity contribution in [1.29, 1.82) is 0 Å². The highest BCUT2D eigenvalue weighted by Crippen LogP contribution is 1.94. The minimum Gasteiger partial charge on any atom is -0.380 e. The van der Waals surface area contributed by atoms with Gasteiger partial charge < -0.3 is 5.11 Å². The van der Waals surface area contributed by atoms with Crippen LogP contribution < -0.4 is 0 Å². The summed E-state index contributed by atoms with van der Waals surface area (Å²) in [6.07, 6.45) is 1.38. The molecule has 0 aromatic heterocycles. The minimum absolute atomic E-state index is 0.367. The summed E-state index contributed by atoms with van der Waals surface area (Å²) in [5.74, 6) is 6.09. The molecule has 0 rings (SSSR count). The van der Waals surface area contributed by atoms with E-state index < -0.39 is 6.10 Å². The van der Waals surface area contributed by atoms with Crippen molar-refractivity contribution in [3.05, 3.63) is 0 Å². The zero-order valence-electron chi connectivity index (χ0n) is 7.02. The van der Waals surface area contributed by atoms with E-state index in [-0.39, 0.29) is 0 Å². The first kappa shape index (κ1) is 9.52. The first-order valence-corrected chi connectivity index (χ1v) is 3.86. The second-order valence-corrected chi connectivity index (χ2v) is 2.75. The Hall–Kier alpha value is -0.480. The van der Waals surface area contributed by atoms with Crippen molar-refractivity contribution in [2.75, 3.05) is 0 Å². The van der Waals surface area contributed by atoms with Crippen LogP contribution >= 0.6 is 0 Å². The van der Waals surface area contributed by atoms with E-state index in [1.165, 1.54) is 0 Å². The van der Waals surface area contributed by atoms with E-state index >= 15 is 0 Å². The standard InChI is InChI=1S/C9H16O/c1-4-5-9(10)7-6-8(2)3/h8-10H,4-5H2,1-3H3. The molecule has 0 radical (unpaired) electrons. The van der Waals surface area contributed by atoms with E-state index in [4.69, 9.17) is 5.11 Å². The third-order valence-corrected chi connectivity index (χ3v) is 1.10. The molecule has 0 bridgehead atoms. The van der Waals surface area contributed by atoms with E-state index in [1.807, 2.05) is 20.8 Å². The predicted molar refractivity (Wildman–Crippen MR) is 43.5 cm³/mol. The van der Waals surface area contributed by atoms with Crippen molar-refractivity contribution < 1.29 is 5.11 Å². The number of aliphatic hydroxyl groups is 1. The molecule has 10 heavy (non-hydrogen) atoms. The van der Waals surface area contributed by atoms with Gasteiger partial charge in [-0.05, 0) is 6.42 Å². The van der Waals surface area contributed by atoms with Crippen LogP contribution in [0.3, 0.4) is 0 Å². The molecule has 0 aliphatic carbocycles. The van der Waals surface area contributed by atoms with Crippen LogP contribution in [-0.2, 0) is 0 Å². The van der Waals surface area contributed by atoms with Crippen molar-refractivity contribution in [2.45, 2.75) is 39.7 Å². The molecule has 0 amide bonds. The van der Waals surface area contributed by atoms with Crippen LogP contribution in [-0.4, -0.2) is 11.2 Å². The van der Waals surface area contributed by atoms with Gasteiger partial charge in [-0.25, -0.2) is 0 Å². The Balaban J connectivity index is 3.57. The lowest BCUT2D eigenvalue weighted by molar-refractivity contribution is 0.220. The molecule has 1 unspecified atom stereocenters. The summed E-state index contributed by atoms with van der Waals surface area (Å²) in [4.78, 5) is 0. The fourth-order valence-corrected chi connectivity index (χ4v) is 0.608. The molecule has 1 heteroatoms. The van der Waals surface area contributed by atoms with Crippen molar-refractivity contribution in [2.24, 2.45) is 5.92 Å². The van der Waals surface area contributed by atoms with Gasteiger partial charge in [0.05, 0.1) is 0 Å². The van der Waals surface area contributed by atoms with Crippen LogP contribution in [0.15, 0.2) is 0 Å². The van der Waals surface area contributed by atoms with Crippen LogP contribution in [0.5, 0.6) is 0 Å². The summed E-state index contributed by atoms with van der Waals surface area (Å²) in [7, 11) is 0. The van der Waals surface area contributed by atoms with Gasteiger partial charge >= 0.3 is 0 Å². The highest BCUT2D eigenvalue weighted by Gasteiger charge is 1.94. The topological polar surface area (TPSA) is 20.2 Å². The van der Waals surface area contributed by atoms with Gasteiger partial charge in [-0.2, -0.15) is 0 Å². The van der Waals surface area contributed by atoms with Crippen molar-refractivity contribution in [3.8, 4) is 11.8 Å². The smallest absolute Gasteiger partial charge is 0.114 e. The molecular formula is C9H16O. The van der Waals surface area contributed by atoms with Gasteiger partial charge in [0.15, 0.2) is 0 Å². The Morgan fingerprint density at radius 3 is 2.30 bits per heavy atom. The largest absolute Gasteiger partial charge is 0.380 e. The lowest BCUT2D eigenvalue weighted by Crippen LogP contribution is -2.01. The number of hydrogen-bond donors (Lipinski definition) is 1. The Bertz CT molecular complexity index is 127. The molecule has 0 saturated carbocycles. The fraction of sp³-hybridized carbons (Fsp3) is 0.778. The maximum absolute atomic E-state index is 9.12. The molecule has 1 atom stereocenters. The van der Waals surface area contributed by atoms with E-state index in [0.29, 0.717) is 5.92 Å². The van der Waals surface area contributed by atoms with Gasteiger partial charge in [-0.15, -0.1) is 0 Å². The summed E-state index contributed by atoms with van der Waals surface area (Å²) in [5.41, 5.74) is 0. The van der Waals surface area contributed by atoms with Crippen LogP contribution in [0.2, 0.25) is 0 Å². The van der Waals surface area contributed by atoms with Gasteiger partial charge in [0.1, 0.15) is 6.10 Å². The molecule has 1 N–H and O–H groups in total. The monoisotopic (exact) mass is 140 g/mol. The van der Waals surface area contributed by atoms with Crippen LogP contribution in [0.1, 0.15) is 33.6 Å². The Morgan fingerprint density at radius 2 is 1.90 bits per heavy atom. The maximum atomic E-state index is 9.12. The van der Waals surface area contributed by atoms with E-state index in [1.54, 1.807) is 0 Å². The SMILES string of the molecule is CCCC(O)C#CC(C)C. The summed E-state index contributed by atoms with van der Waals surface area (Å²) in [6.45, 7) is 6.08. The Morgan fingerprint density at radius 1 is 1.30 bits per heavy atom. The maximum Gasteiger partial charge on any atom is 0.114 e. The lowest BCUT2D eigenvalue weighted by Gasteiger charge is -1.98. The van der Waals surface area contributed by atoms with Gasteiger partial charge in [0.2, 0.25) is 0 Å². The van der Waals surface area contributed by atoms with Crippen LogP contribution in [0, 0.1) is 17.8 Å². The predicted octanol–water partition coefficient (Wildman–Crippen LogP) is 1.81. The fourth-order valence-electron chi connectivity index (χ4n) is 0.608. The highest BCUT2D eigenvalue weighted by atomic mass is 16.3. The molecule has 0 fully saturated rings. The Kier molecular flexibility index (Phi) is 5.06. The Labute approximate surface area is 63.5 Å². The molecular weight excluding hydrogens is 124 g/mol. The highest BCUT2D eigenvalue weighted by molar-refractivity contribution is 5.05. The molecule has 0 aliphatic rings. The number of aliphatic hydroxyl groups excluding tert-OH is 1. The van der Waals surface area contributed by atoms with Crippen LogP contribution in [0.4, 0.5) is 0 Å². The molecule has 0 aromatic rings. The first-order chi connectivity index (χ1) is 4.66. The van der Waals surface area contributed by atoms with Gasteiger partial charge in [-0.3, -0.25) is 0 Å². The number of hydrogen-bond acceptors (Lipinski definition) is 1. The molecule has 0 aromatic carbocycles. The second kappa shape index (κ2) is 5.32. The molecule has 0 spiro atoms. The van der Waals surface area contributed by atoms with Crippen molar-refractivity contribution in [1.82, 2.24) is 0 Å². The van der Waals surface area contributed by atoms with Gasteiger partial charge in [-0.1, -0.05) is 39.0 Å². The zero-order valence-corrected chi connectivity index (χ0v) is 7.02. The average molecular weight is 140 g/mol. The quantitative estimate of drug-likeness (QED) is 0.580. The molecule has 0 heterocycles. The van der Waals surface area contributed by atoms with Crippen molar-refractivity contribution >= 4 is 0 Å². The normalized spacial score (nSPS) is 12.5. The van der Waals surface area contributed by atoms with Gasteiger partial charge in [0, 0.05) is 5.92 Å². The average Bonchev–Trinajstić information content (AvgIpc) is 1.85.